The Labute approximate surface area is 138 Å². The van der Waals surface area contributed by atoms with Gasteiger partial charge in [0.05, 0.1) is 6.10 Å². The van der Waals surface area contributed by atoms with E-state index in [9.17, 15) is 9.90 Å². The first-order chi connectivity index (χ1) is 10.5. The average Bonchev–Trinajstić information content (AvgIpc) is 2.47. The Morgan fingerprint density at radius 2 is 2.00 bits per heavy atom. The Kier molecular flexibility index (Phi) is 5.80. The van der Waals surface area contributed by atoms with E-state index in [1.807, 2.05) is 6.07 Å². The molecular formula is C16H16Cl2N2O2. The van der Waals surface area contributed by atoms with Crippen LogP contribution < -0.4 is 11.1 Å². The van der Waals surface area contributed by atoms with Crippen LogP contribution in [0.1, 0.15) is 27.6 Å². The maximum Gasteiger partial charge on any atom is 0.248 e. The highest BCUT2D eigenvalue weighted by atomic mass is 35.5. The van der Waals surface area contributed by atoms with E-state index in [0.29, 0.717) is 34.3 Å². The van der Waals surface area contributed by atoms with Crippen molar-refractivity contribution in [2.45, 2.75) is 12.6 Å². The van der Waals surface area contributed by atoms with Gasteiger partial charge in [-0.2, -0.15) is 0 Å². The number of primary amides is 1. The van der Waals surface area contributed by atoms with Gasteiger partial charge in [0.15, 0.2) is 0 Å². The predicted molar refractivity (Wildman–Crippen MR) is 88.1 cm³/mol. The van der Waals surface area contributed by atoms with Gasteiger partial charge in [0.25, 0.3) is 0 Å². The summed E-state index contributed by atoms with van der Waals surface area (Å²) in [6, 6.07) is 12.0. The zero-order valence-electron chi connectivity index (χ0n) is 11.7. The van der Waals surface area contributed by atoms with Gasteiger partial charge in [0, 0.05) is 34.3 Å². The van der Waals surface area contributed by atoms with E-state index in [1.54, 1.807) is 36.4 Å². The van der Waals surface area contributed by atoms with Crippen LogP contribution in [0.3, 0.4) is 0 Å². The third-order valence-electron chi connectivity index (χ3n) is 3.20. The maximum absolute atomic E-state index is 11.1. The fourth-order valence-electron chi connectivity index (χ4n) is 2.07. The molecule has 0 aliphatic rings. The molecule has 0 aliphatic carbocycles. The van der Waals surface area contributed by atoms with Gasteiger partial charge in [0.2, 0.25) is 5.91 Å². The van der Waals surface area contributed by atoms with E-state index in [0.717, 1.165) is 5.56 Å². The highest BCUT2D eigenvalue weighted by molar-refractivity contribution is 6.35. The van der Waals surface area contributed by atoms with Crippen LogP contribution in [0, 0.1) is 0 Å². The van der Waals surface area contributed by atoms with Crippen molar-refractivity contribution in [3.8, 4) is 0 Å². The van der Waals surface area contributed by atoms with Crippen molar-refractivity contribution in [1.29, 1.82) is 0 Å². The molecule has 0 fully saturated rings. The molecule has 0 radical (unpaired) electrons. The topological polar surface area (TPSA) is 75.4 Å². The summed E-state index contributed by atoms with van der Waals surface area (Å²) >= 11 is 11.9. The van der Waals surface area contributed by atoms with Crippen molar-refractivity contribution in [1.82, 2.24) is 5.32 Å². The largest absolute Gasteiger partial charge is 0.387 e. The number of benzene rings is 2. The second kappa shape index (κ2) is 7.61. The van der Waals surface area contributed by atoms with E-state index in [4.69, 9.17) is 28.9 Å². The number of halogens is 2. The summed E-state index contributed by atoms with van der Waals surface area (Å²) in [5.74, 6) is -0.463. The lowest BCUT2D eigenvalue weighted by Gasteiger charge is -2.14. The van der Waals surface area contributed by atoms with Crippen molar-refractivity contribution in [3.05, 3.63) is 69.2 Å². The van der Waals surface area contributed by atoms with Crippen LogP contribution in [-0.2, 0) is 6.54 Å². The molecule has 0 saturated heterocycles. The molecule has 4 N–H and O–H groups in total. The fraction of sp³-hybridized carbons (Fsp3) is 0.188. The van der Waals surface area contributed by atoms with Gasteiger partial charge < -0.3 is 16.2 Å². The molecule has 1 unspecified atom stereocenters. The van der Waals surface area contributed by atoms with Crippen molar-refractivity contribution in [3.63, 3.8) is 0 Å². The lowest BCUT2D eigenvalue weighted by Crippen LogP contribution is -2.21. The first kappa shape index (κ1) is 16.8. The molecule has 2 rings (SSSR count). The molecule has 22 heavy (non-hydrogen) atoms. The molecule has 0 heterocycles. The second-order valence-electron chi connectivity index (χ2n) is 4.88. The molecule has 2 aromatic rings. The number of carbonyl (C=O) groups is 1. The van der Waals surface area contributed by atoms with Gasteiger partial charge in [-0.05, 0) is 29.8 Å². The quantitative estimate of drug-likeness (QED) is 0.757. The number of hydrogen-bond acceptors (Lipinski definition) is 3. The smallest absolute Gasteiger partial charge is 0.248 e. The fourth-order valence-corrected chi connectivity index (χ4v) is 2.60. The number of hydrogen-bond donors (Lipinski definition) is 3. The zero-order chi connectivity index (χ0) is 16.1. The third kappa shape index (κ3) is 4.45. The number of nitrogens with one attached hydrogen (secondary N) is 1. The average molecular weight is 339 g/mol. The number of amides is 1. The molecule has 6 heteroatoms. The predicted octanol–water partition coefficient (Wildman–Crippen LogP) is 2.92. The Balaban J connectivity index is 1.93. The number of rotatable bonds is 6. The van der Waals surface area contributed by atoms with E-state index in [-0.39, 0.29) is 0 Å². The summed E-state index contributed by atoms with van der Waals surface area (Å²) in [4.78, 5) is 11.1. The molecule has 2 aromatic carbocycles. The minimum absolute atomic E-state index is 0.322. The van der Waals surface area contributed by atoms with E-state index >= 15 is 0 Å². The molecule has 0 spiro atoms. The summed E-state index contributed by atoms with van der Waals surface area (Å²) in [6.07, 6.45) is -0.746. The van der Waals surface area contributed by atoms with E-state index in [1.165, 1.54) is 0 Å². The molecule has 1 amide bonds. The van der Waals surface area contributed by atoms with Gasteiger partial charge in [-0.15, -0.1) is 0 Å². The van der Waals surface area contributed by atoms with Crippen LogP contribution in [-0.4, -0.2) is 17.6 Å². The van der Waals surface area contributed by atoms with Gasteiger partial charge in [0.1, 0.15) is 0 Å². The minimum Gasteiger partial charge on any atom is -0.387 e. The summed E-state index contributed by atoms with van der Waals surface area (Å²) in [5.41, 5.74) is 7.22. The molecule has 116 valence electrons. The first-order valence-electron chi connectivity index (χ1n) is 6.70. The zero-order valence-corrected chi connectivity index (χ0v) is 13.2. The Morgan fingerprint density at radius 1 is 1.23 bits per heavy atom. The van der Waals surface area contributed by atoms with Crippen LogP contribution in [0.4, 0.5) is 0 Å². The van der Waals surface area contributed by atoms with Crippen LogP contribution >= 0.6 is 23.2 Å². The SMILES string of the molecule is NC(=O)c1cccc(CNCC(O)c2ccc(Cl)cc2Cl)c1. The van der Waals surface area contributed by atoms with Gasteiger partial charge in [-0.1, -0.05) is 41.4 Å². The highest BCUT2D eigenvalue weighted by Crippen LogP contribution is 2.25. The van der Waals surface area contributed by atoms with E-state index in [2.05, 4.69) is 5.32 Å². The monoisotopic (exact) mass is 338 g/mol. The van der Waals surface area contributed by atoms with Gasteiger partial charge in [-0.25, -0.2) is 0 Å². The Morgan fingerprint density at radius 3 is 2.68 bits per heavy atom. The molecule has 0 aromatic heterocycles. The molecular weight excluding hydrogens is 323 g/mol. The Bertz CT molecular complexity index is 677. The summed E-state index contributed by atoms with van der Waals surface area (Å²) in [7, 11) is 0. The summed E-state index contributed by atoms with van der Waals surface area (Å²) in [6.45, 7) is 0.825. The standard InChI is InChI=1S/C16H16Cl2N2O2/c17-12-4-5-13(14(18)7-12)15(21)9-20-8-10-2-1-3-11(6-10)16(19)22/h1-7,15,20-21H,8-9H2,(H2,19,22). The maximum atomic E-state index is 11.1. The lowest BCUT2D eigenvalue weighted by molar-refractivity contribution is 0.1000. The van der Waals surface area contributed by atoms with Gasteiger partial charge in [-0.3, -0.25) is 4.79 Å². The number of aliphatic hydroxyl groups excluding tert-OH is 1. The van der Waals surface area contributed by atoms with Crippen molar-refractivity contribution >= 4 is 29.1 Å². The highest BCUT2D eigenvalue weighted by Gasteiger charge is 2.11. The van der Waals surface area contributed by atoms with Crippen LogP contribution in [0.2, 0.25) is 10.0 Å². The summed E-state index contributed by atoms with van der Waals surface area (Å²) in [5, 5.41) is 14.2. The number of nitrogens with two attached hydrogens (primary N) is 1. The van der Waals surface area contributed by atoms with Crippen LogP contribution in [0.25, 0.3) is 0 Å². The first-order valence-corrected chi connectivity index (χ1v) is 7.45. The van der Waals surface area contributed by atoms with E-state index < -0.39 is 12.0 Å². The van der Waals surface area contributed by atoms with Crippen molar-refractivity contribution in [2.24, 2.45) is 5.73 Å². The minimum atomic E-state index is -0.746. The summed E-state index contributed by atoms with van der Waals surface area (Å²) < 4.78 is 0. The lowest BCUT2D eigenvalue weighted by atomic mass is 10.1. The Hall–Kier alpha value is -1.59. The molecule has 0 saturated carbocycles. The normalized spacial score (nSPS) is 12.1. The van der Waals surface area contributed by atoms with Crippen molar-refractivity contribution in [2.75, 3.05) is 6.54 Å². The number of aliphatic hydroxyl groups is 1. The second-order valence-corrected chi connectivity index (χ2v) is 5.72. The molecule has 0 bridgehead atoms. The molecule has 1 atom stereocenters. The van der Waals surface area contributed by atoms with Crippen LogP contribution in [0.15, 0.2) is 42.5 Å². The van der Waals surface area contributed by atoms with Crippen molar-refractivity contribution < 1.29 is 9.90 Å². The van der Waals surface area contributed by atoms with Gasteiger partial charge >= 0.3 is 0 Å². The van der Waals surface area contributed by atoms with Crippen LogP contribution in [0.5, 0.6) is 0 Å². The number of carbonyl (C=O) groups excluding carboxylic acids is 1. The third-order valence-corrected chi connectivity index (χ3v) is 3.76. The molecule has 0 aliphatic heterocycles. The molecule has 4 nitrogen and oxygen atoms in total.